The molecule has 2 N–H and O–H groups in total. The average molecular weight is 294 g/mol. The maximum atomic E-state index is 6.29. The molecule has 2 aromatic rings. The van der Waals surface area contributed by atoms with E-state index in [2.05, 4.69) is 13.0 Å². The van der Waals surface area contributed by atoms with Gasteiger partial charge >= 0.3 is 0 Å². The van der Waals surface area contributed by atoms with Gasteiger partial charge in [-0.2, -0.15) is 0 Å². The third kappa shape index (κ3) is 3.30. The van der Waals surface area contributed by atoms with Crippen molar-refractivity contribution in [3.63, 3.8) is 0 Å². The van der Waals surface area contributed by atoms with Crippen LogP contribution >= 0.6 is 23.2 Å². The van der Waals surface area contributed by atoms with Gasteiger partial charge < -0.3 is 5.73 Å². The molecule has 1 unspecified atom stereocenters. The average Bonchev–Trinajstić information content (AvgIpc) is 2.36. The van der Waals surface area contributed by atoms with Crippen molar-refractivity contribution in [3.05, 3.63) is 68.7 Å². The predicted molar refractivity (Wildman–Crippen MR) is 83.0 cm³/mol. The lowest BCUT2D eigenvalue weighted by Crippen LogP contribution is -2.14. The summed E-state index contributed by atoms with van der Waals surface area (Å²) in [6.45, 7) is 4.11. The molecule has 2 rings (SSSR count). The second-order valence-corrected chi connectivity index (χ2v) is 5.67. The molecule has 3 heteroatoms. The quantitative estimate of drug-likeness (QED) is 0.860. The summed E-state index contributed by atoms with van der Waals surface area (Å²) in [4.78, 5) is 0. The number of aryl methyl sites for hydroxylation is 2. The molecule has 0 saturated heterocycles. The molecule has 0 aliphatic heterocycles. The van der Waals surface area contributed by atoms with Crippen molar-refractivity contribution >= 4 is 23.2 Å². The van der Waals surface area contributed by atoms with Gasteiger partial charge in [0.25, 0.3) is 0 Å². The summed E-state index contributed by atoms with van der Waals surface area (Å²) in [7, 11) is 0. The van der Waals surface area contributed by atoms with Crippen molar-refractivity contribution < 1.29 is 0 Å². The number of hydrogen-bond donors (Lipinski definition) is 1. The van der Waals surface area contributed by atoms with Crippen molar-refractivity contribution in [2.24, 2.45) is 5.73 Å². The van der Waals surface area contributed by atoms with Crippen LogP contribution in [-0.4, -0.2) is 0 Å². The van der Waals surface area contributed by atoms with E-state index in [9.17, 15) is 0 Å². The third-order valence-electron chi connectivity index (χ3n) is 3.41. The Morgan fingerprint density at radius 3 is 2.32 bits per heavy atom. The molecule has 2 aromatic carbocycles. The van der Waals surface area contributed by atoms with Crippen molar-refractivity contribution in [1.82, 2.24) is 0 Å². The minimum atomic E-state index is -0.147. The smallest absolute Gasteiger partial charge is 0.0456 e. The Kier molecular flexibility index (Phi) is 4.51. The van der Waals surface area contributed by atoms with E-state index >= 15 is 0 Å². The lowest BCUT2D eigenvalue weighted by molar-refractivity contribution is 0.721. The van der Waals surface area contributed by atoms with Crippen LogP contribution in [0.2, 0.25) is 10.0 Å². The Balaban J connectivity index is 2.28. The van der Waals surface area contributed by atoms with E-state index in [-0.39, 0.29) is 6.04 Å². The first kappa shape index (κ1) is 14.4. The van der Waals surface area contributed by atoms with Crippen molar-refractivity contribution in [1.29, 1.82) is 0 Å². The highest BCUT2D eigenvalue weighted by Gasteiger charge is 2.13. The van der Waals surface area contributed by atoms with Crippen LogP contribution in [0.5, 0.6) is 0 Å². The molecule has 0 aliphatic carbocycles. The van der Waals surface area contributed by atoms with Gasteiger partial charge in [0.15, 0.2) is 0 Å². The maximum absolute atomic E-state index is 6.29. The second-order valence-electron chi connectivity index (χ2n) is 4.86. The fourth-order valence-corrected chi connectivity index (χ4v) is 2.67. The Morgan fingerprint density at radius 1 is 1.00 bits per heavy atom. The summed E-state index contributed by atoms with van der Waals surface area (Å²) in [6, 6.07) is 11.7. The molecule has 0 bridgehead atoms. The number of halogens is 2. The Labute approximate surface area is 124 Å². The summed E-state index contributed by atoms with van der Waals surface area (Å²) in [5.74, 6) is 0. The van der Waals surface area contributed by atoms with E-state index in [0.717, 1.165) is 21.2 Å². The van der Waals surface area contributed by atoms with Crippen LogP contribution in [0.1, 0.15) is 28.3 Å². The normalized spacial score (nSPS) is 12.5. The molecule has 1 nitrogen and oxygen atoms in total. The second kappa shape index (κ2) is 5.96. The molecule has 0 aromatic heterocycles. The van der Waals surface area contributed by atoms with E-state index in [4.69, 9.17) is 28.9 Å². The zero-order chi connectivity index (χ0) is 14.0. The fourth-order valence-electron chi connectivity index (χ4n) is 2.10. The van der Waals surface area contributed by atoms with Crippen LogP contribution < -0.4 is 5.73 Å². The van der Waals surface area contributed by atoms with Crippen LogP contribution in [-0.2, 0) is 6.42 Å². The van der Waals surface area contributed by atoms with E-state index in [1.807, 2.05) is 37.3 Å². The highest BCUT2D eigenvalue weighted by Crippen LogP contribution is 2.28. The topological polar surface area (TPSA) is 26.0 Å². The summed E-state index contributed by atoms with van der Waals surface area (Å²) in [6.07, 6.45) is 0.682. The fraction of sp³-hybridized carbons (Fsp3) is 0.250. The largest absolute Gasteiger partial charge is 0.324 e. The van der Waals surface area contributed by atoms with Crippen LogP contribution in [0.25, 0.3) is 0 Å². The molecular formula is C16H17Cl2N. The number of nitrogens with two attached hydrogens (primary N) is 1. The molecule has 0 saturated carbocycles. The van der Waals surface area contributed by atoms with Gasteiger partial charge in [-0.15, -0.1) is 0 Å². The predicted octanol–water partition coefficient (Wildman–Crippen LogP) is 4.85. The van der Waals surface area contributed by atoms with Crippen LogP contribution in [0.4, 0.5) is 0 Å². The monoisotopic (exact) mass is 293 g/mol. The standard InChI is InChI=1S/C16H17Cl2N/c1-10-7-13(15(18)8-11(10)2)16(19)9-12-5-3-4-6-14(12)17/h3-8,16H,9,19H2,1-2H3. The first-order valence-electron chi connectivity index (χ1n) is 6.24. The minimum absolute atomic E-state index is 0.147. The van der Waals surface area contributed by atoms with Gasteiger partial charge in [-0.05, 0) is 54.7 Å². The lowest BCUT2D eigenvalue weighted by Gasteiger charge is -2.16. The molecule has 0 radical (unpaired) electrons. The van der Waals surface area contributed by atoms with E-state index in [0.29, 0.717) is 6.42 Å². The Hall–Kier alpha value is -1.02. The molecule has 0 heterocycles. The molecule has 0 spiro atoms. The van der Waals surface area contributed by atoms with Crippen LogP contribution in [0, 0.1) is 13.8 Å². The van der Waals surface area contributed by atoms with Crippen molar-refractivity contribution in [2.75, 3.05) is 0 Å². The highest BCUT2D eigenvalue weighted by atomic mass is 35.5. The van der Waals surface area contributed by atoms with Crippen molar-refractivity contribution in [3.8, 4) is 0 Å². The van der Waals surface area contributed by atoms with Gasteiger partial charge in [0, 0.05) is 16.1 Å². The summed E-state index contributed by atoms with van der Waals surface area (Å²) in [5.41, 5.74) is 10.7. The molecule has 0 amide bonds. The molecule has 1 atom stereocenters. The van der Waals surface area contributed by atoms with E-state index in [1.165, 1.54) is 11.1 Å². The molecule has 19 heavy (non-hydrogen) atoms. The number of benzene rings is 2. The third-order valence-corrected chi connectivity index (χ3v) is 4.11. The lowest BCUT2D eigenvalue weighted by atomic mass is 9.96. The summed E-state index contributed by atoms with van der Waals surface area (Å²) >= 11 is 12.5. The van der Waals surface area contributed by atoms with Gasteiger partial charge in [0.2, 0.25) is 0 Å². The first-order valence-corrected chi connectivity index (χ1v) is 7.00. The SMILES string of the molecule is Cc1cc(Cl)c(C(N)Cc2ccccc2Cl)cc1C. The Morgan fingerprint density at radius 2 is 1.63 bits per heavy atom. The van der Waals surface area contributed by atoms with Gasteiger partial charge in [-0.3, -0.25) is 0 Å². The summed E-state index contributed by atoms with van der Waals surface area (Å²) < 4.78 is 0. The molecule has 0 aliphatic rings. The highest BCUT2D eigenvalue weighted by molar-refractivity contribution is 6.31. The van der Waals surface area contributed by atoms with Gasteiger partial charge in [-0.1, -0.05) is 47.5 Å². The minimum Gasteiger partial charge on any atom is -0.324 e. The van der Waals surface area contributed by atoms with E-state index < -0.39 is 0 Å². The van der Waals surface area contributed by atoms with Gasteiger partial charge in [0.05, 0.1) is 0 Å². The number of hydrogen-bond acceptors (Lipinski definition) is 1. The summed E-state index contributed by atoms with van der Waals surface area (Å²) in [5, 5.41) is 1.47. The zero-order valence-electron chi connectivity index (χ0n) is 11.1. The first-order chi connectivity index (χ1) is 8.99. The van der Waals surface area contributed by atoms with Crippen LogP contribution in [0.15, 0.2) is 36.4 Å². The van der Waals surface area contributed by atoms with Crippen LogP contribution in [0.3, 0.4) is 0 Å². The Bertz CT molecular complexity index is 593. The molecule has 0 fully saturated rings. The van der Waals surface area contributed by atoms with E-state index in [1.54, 1.807) is 0 Å². The molecular weight excluding hydrogens is 277 g/mol. The van der Waals surface area contributed by atoms with Gasteiger partial charge in [-0.25, -0.2) is 0 Å². The number of rotatable bonds is 3. The molecule has 100 valence electrons. The van der Waals surface area contributed by atoms with Crippen molar-refractivity contribution in [2.45, 2.75) is 26.3 Å². The maximum Gasteiger partial charge on any atom is 0.0456 e. The van der Waals surface area contributed by atoms with Gasteiger partial charge in [0.1, 0.15) is 0 Å². The zero-order valence-corrected chi connectivity index (χ0v) is 12.6.